The number of allylic oxidation sites excluding steroid dienone is 4. The molecule has 0 aliphatic carbocycles. The topological polar surface area (TPSA) is 64.3 Å². The lowest BCUT2D eigenvalue weighted by molar-refractivity contribution is -0.117. The molecule has 0 bridgehead atoms. The molecule has 0 saturated carbocycles. The Morgan fingerprint density at radius 2 is 1.83 bits per heavy atom. The van der Waals surface area contributed by atoms with Gasteiger partial charge in [0.2, 0.25) is 0 Å². The first kappa shape index (κ1) is 22.3. The van der Waals surface area contributed by atoms with Crippen molar-refractivity contribution < 1.29 is 9.53 Å². The van der Waals surface area contributed by atoms with Crippen molar-refractivity contribution in [3.8, 4) is 11.5 Å². The molecule has 0 radical (unpaired) electrons. The van der Waals surface area contributed by atoms with Crippen LogP contribution in [0.4, 0.5) is 0 Å². The molecule has 0 heterocycles. The largest absolute Gasteiger partial charge is 0.457 e. The SMILES string of the molecule is CCC(C)=C/C=C\C(C(=O)NCc1cccc(Oc2cccc(Cl)c2)c1)=C(/C)N. The van der Waals surface area contributed by atoms with Gasteiger partial charge in [-0.05, 0) is 62.2 Å². The minimum Gasteiger partial charge on any atom is -0.457 e. The molecule has 4 nitrogen and oxygen atoms in total. The summed E-state index contributed by atoms with van der Waals surface area (Å²) >= 11 is 5.99. The molecule has 3 N–H and O–H groups in total. The summed E-state index contributed by atoms with van der Waals surface area (Å²) in [7, 11) is 0. The molecule has 0 spiro atoms. The lowest BCUT2D eigenvalue weighted by atomic mass is 10.1. The first-order valence-electron chi connectivity index (χ1n) is 9.49. The quantitative estimate of drug-likeness (QED) is 0.421. The highest BCUT2D eigenvalue weighted by Gasteiger charge is 2.09. The third-order valence-corrected chi connectivity index (χ3v) is 4.49. The van der Waals surface area contributed by atoms with Crippen LogP contribution in [0.2, 0.25) is 5.02 Å². The Morgan fingerprint density at radius 3 is 2.48 bits per heavy atom. The second kappa shape index (κ2) is 11.1. The van der Waals surface area contributed by atoms with Gasteiger partial charge in [-0.25, -0.2) is 0 Å². The summed E-state index contributed by atoms with van der Waals surface area (Å²) in [6.07, 6.45) is 6.53. The van der Waals surface area contributed by atoms with Gasteiger partial charge in [0, 0.05) is 17.3 Å². The predicted molar refractivity (Wildman–Crippen MR) is 120 cm³/mol. The summed E-state index contributed by atoms with van der Waals surface area (Å²) in [6.45, 7) is 6.21. The molecule has 0 atom stereocenters. The Labute approximate surface area is 177 Å². The summed E-state index contributed by atoms with van der Waals surface area (Å²) in [6, 6.07) is 14.7. The number of halogens is 1. The van der Waals surface area contributed by atoms with Crippen molar-refractivity contribution in [1.82, 2.24) is 5.32 Å². The first-order chi connectivity index (χ1) is 13.9. The Bertz CT molecular complexity index is 941. The number of amides is 1. The molecule has 0 fully saturated rings. The number of ether oxygens (including phenoxy) is 1. The second-order valence-electron chi connectivity index (χ2n) is 6.71. The van der Waals surface area contributed by atoms with Crippen LogP contribution in [0.5, 0.6) is 11.5 Å². The lowest BCUT2D eigenvalue weighted by Gasteiger charge is -2.10. The summed E-state index contributed by atoms with van der Waals surface area (Å²) in [5, 5.41) is 3.52. The average Bonchev–Trinajstić information content (AvgIpc) is 2.69. The molecule has 0 aliphatic rings. The third kappa shape index (κ3) is 7.51. The van der Waals surface area contributed by atoms with Crippen LogP contribution in [0.25, 0.3) is 0 Å². The number of carbonyl (C=O) groups excluding carboxylic acids is 1. The summed E-state index contributed by atoms with van der Waals surface area (Å²) in [5.41, 5.74) is 8.96. The zero-order valence-corrected chi connectivity index (χ0v) is 17.8. The van der Waals surface area contributed by atoms with E-state index in [1.54, 1.807) is 25.1 Å². The van der Waals surface area contributed by atoms with Crippen LogP contribution >= 0.6 is 11.6 Å². The van der Waals surface area contributed by atoms with Crippen LogP contribution in [0, 0.1) is 0 Å². The highest BCUT2D eigenvalue weighted by Crippen LogP contribution is 2.24. The molecule has 5 heteroatoms. The molecule has 152 valence electrons. The maximum atomic E-state index is 12.5. The Balaban J connectivity index is 2.02. The lowest BCUT2D eigenvalue weighted by Crippen LogP contribution is -2.25. The van der Waals surface area contributed by atoms with Crippen molar-refractivity contribution in [2.45, 2.75) is 33.7 Å². The number of nitrogens with two attached hydrogens (primary N) is 1. The van der Waals surface area contributed by atoms with Gasteiger partial charge in [0.15, 0.2) is 0 Å². The van der Waals surface area contributed by atoms with Gasteiger partial charge >= 0.3 is 0 Å². The fraction of sp³-hybridized carbons (Fsp3) is 0.208. The van der Waals surface area contributed by atoms with Crippen molar-refractivity contribution in [3.05, 3.63) is 94.2 Å². The molecule has 2 aromatic rings. The molecular weight excluding hydrogens is 384 g/mol. The van der Waals surface area contributed by atoms with E-state index in [0.29, 0.717) is 34.3 Å². The van der Waals surface area contributed by atoms with Crippen molar-refractivity contribution in [3.63, 3.8) is 0 Å². The van der Waals surface area contributed by atoms with Gasteiger partial charge in [-0.1, -0.05) is 54.4 Å². The first-order valence-corrected chi connectivity index (χ1v) is 9.87. The molecule has 0 aliphatic heterocycles. The monoisotopic (exact) mass is 410 g/mol. The third-order valence-electron chi connectivity index (χ3n) is 4.25. The van der Waals surface area contributed by atoms with Crippen LogP contribution in [0.3, 0.4) is 0 Å². The van der Waals surface area contributed by atoms with Crippen LogP contribution in [0.1, 0.15) is 32.8 Å². The average molecular weight is 411 g/mol. The van der Waals surface area contributed by atoms with Crippen LogP contribution in [0.15, 0.2) is 83.6 Å². The molecule has 0 aromatic heterocycles. The molecule has 29 heavy (non-hydrogen) atoms. The molecule has 1 amide bonds. The molecular formula is C24H27ClN2O2. The molecule has 0 unspecified atom stereocenters. The fourth-order valence-electron chi connectivity index (χ4n) is 2.48. The van der Waals surface area contributed by atoms with Crippen LogP contribution in [-0.2, 0) is 11.3 Å². The van der Waals surface area contributed by atoms with E-state index in [0.717, 1.165) is 12.0 Å². The van der Waals surface area contributed by atoms with Crippen molar-refractivity contribution in [2.24, 2.45) is 5.73 Å². The van der Waals surface area contributed by atoms with Gasteiger partial charge in [0.25, 0.3) is 5.91 Å². The highest BCUT2D eigenvalue weighted by molar-refractivity contribution is 6.30. The predicted octanol–water partition coefficient (Wildman–Crippen LogP) is 5.89. The van der Waals surface area contributed by atoms with Gasteiger partial charge in [-0.2, -0.15) is 0 Å². The maximum absolute atomic E-state index is 12.5. The van der Waals surface area contributed by atoms with Crippen LogP contribution < -0.4 is 15.8 Å². The minimum absolute atomic E-state index is 0.218. The van der Waals surface area contributed by atoms with Gasteiger partial charge in [-0.15, -0.1) is 0 Å². The zero-order valence-electron chi connectivity index (χ0n) is 17.0. The van der Waals surface area contributed by atoms with Gasteiger partial charge in [0.1, 0.15) is 11.5 Å². The number of nitrogens with one attached hydrogen (secondary N) is 1. The van der Waals surface area contributed by atoms with E-state index >= 15 is 0 Å². The second-order valence-corrected chi connectivity index (χ2v) is 7.15. The minimum atomic E-state index is -0.218. The zero-order chi connectivity index (χ0) is 21.2. The van der Waals surface area contributed by atoms with Gasteiger partial charge in [-0.3, -0.25) is 4.79 Å². The molecule has 2 rings (SSSR count). The number of benzene rings is 2. The highest BCUT2D eigenvalue weighted by atomic mass is 35.5. The Morgan fingerprint density at radius 1 is 1.14 bits per heavy atom. The van der Waals surface area contributed by atoms with Crippen molar-refractivity contribution >= 4 is 17.5 Å². The van der Waals surface area contributed by atoms with E-state index in [2.05, 4.69) is 12.2 Å². The van der Waals surface area contributed by atoms with E-state index in [1.165, 1.54) is 5.57 Å². The smallest absolute Gasteiger partial charge is 0.253 e. The number of carbonyl (C=O) groups is 1. The van der Waals surface area contributed by atoms with Crippen LogP contribution in [-0.4, -0.2) is 5.91 Å². The van der Waals surface area contributed by atoms with Gasteiger partial charge in [0.05, 0.1) is 5.57 Å². The summed E-state index contributed by atoms with van der Waals surface area (Å²) in [5.74, 6) is 1.11. The Hall–Kier alpha value is -2.98. The van der Waals surface area contributed by atoms with E-state index in [9.17, 15) is 4.79 Å². The molecule has 0 saturated heterocycles. The normalized spacial score (nSPS) is 12.6. The van der Waals surface area contributed by atoms with Crippen molar-refractivity contribution in [2.75, 3.05) is 0 Å². The summed E-state index contributed by atoms with van der Waals surface area (Å²) < 4.78 is 5.83. The van der Waals surface area contributed by atoms with Gasteiger partial charge < -0.3 is 15.8 Å². The number of hydrogen-bond acceptors (Lipinski definition) is 3. The fourth-order valence-corrected chi connectivity index (χ4v) is 2.66. The van der Waals surface area contributed by atoms with E-state index in [-0.39, 0.29) is 5.91 Å². The van der Waals surface area contributed by atoms with E-state index in [1.807, 2.05) is 55.5 Å². The van der Waals surface area contributed by atoms with Crippen molar-refractivity contribution in [1.29, 1.82) is 0 Å². The molecule has 2 aromatic carbocycles. The number of hydrogen-bond donors (Lipinski definition) is 2. The standard InChI is InChI=1S/C24H27ClN2O2/c1-4-17(2)8-5-13-23(18(3)26)24(28)27-16-19-9-6-11-21(14-19)29-22-12-7-10-20(25)15-22/h5-15H,4,16,26H2,1-3H3,(H,27,28)/b13-5-,17-8?,23-18-. The Kier molecular flexibility index (Phi) is 8.56. The van der Waals surface area contributed by atoms with E-state index < -0.39 is 0 Å². The maximum Gasteiger partial charge on any atom is 0.253 e. The summed E-state index contributed by atoms with van der Waals surface area (Å²) in [4.78, 5) is 12.5. The number of rotatable bonds is 8. The van der Waals surface area contributed by atoms with E-state index in [4.69, 9.17) is 22.1 Å².